The number of halogens is 2. The Kier molecular flexibility index (Phi) is 2.96. The summed E-state index contributed by atoms with van der Waals surface area (Å²) in [4.78, 5) is 15.1. The molecule has 0 bridgehead atoms. The fourth-order valence-corrected chi connectivity index (χ4v) is 1.79. The number of rotatable bonds is 2. The lowest BCUT2D eigenvalue weighted by Gasteiger charge is -2.19. The van der Waals surface area contributed by atoms with Gasteiger partial charge in [-0.05, 0) is 13.0 Å². The quantitative estimate of drug-likeness (QED) is 0.823. The molecular formula is C10H12F2N2O3. The highest BCUT2D eigenvalue weighted by Gasteiger charge is 2.51. The third-order valence-corrected chi connectivity index (χ3v) is 2.61. The Morgan fingerprint density at radius 1 is 1.71 bits per heavy atom. The van der Waals surface area contributed by atoms with Crippen LogP contribution in [0.25, 0.3) is 0 Å². The van der Waals surface area contributed by atoms with Gasteiger partial charge < -0.3 is 9.84 Å². The molecule has 2 atom stereocenters. The molecule has 1 N–H and O–H groups in total. The monoisotopic (exact) mass is 246 g/mol. The van der Waals surface area contributed by atoms with E-state index < -0.39 is 37.0 Å². The summed E-state index contributed by atoms with van der Waals surface area (Å²) in [6.45, 7) is 1.09. The molecular weight excluding hydrogens is 234 g/mol. The predicted molar refractivity (Wildman–Crippen MR) is 53.8 cm³/mol. The zero-order chi connectivity index (χ0) is 12.6. The fraction of sp³-hybridized carbons (Fsp3) is 0.600. The number of hydrogen-bond donors (Lipinski definition) is 1. The van der Waals surface area contributed by atoms with E-state index >= 15 is 0 Å². The van der Waals surface area contributed by atoms with E-state index in [4.69, 9.17) is 9.84 Å². The first kappa shape index (κ1) is 12.1. The minimum Gasteiger partial charge on any atom is -0.394 e. The molecule has 1 saturated heterocycles. The van der Waals surface area contributed by atoms with Crippen molar-refractivity contribution in [2.24, 2.45) is 0 Å². The van der Waals surface area contributed by atoms with Gasteiger partial charge in [0.05, 0.1) is 12.7 Å². The first-order chi connectivity index (χ1) is 7.94. The van der Waals surface area contributed by atoms with Crippen molar-refractivity contribution in [1.82, 2.24) is 9.55 Å². The van der Waals surface area contributed by atoms with E-state index in [1.807, 2.05) is 0 Å². The van der Waals surface area contributed by atoms with Gasteiger partial charge in [0.15, 0.2) is 0 Å². The second-order valence-corrected chi connectivity index (χ2v) is 4.02. The van der Waals surface area contributed by atoms with Gasteiger partial charge in [-0.1, -0.05) is 0 Å². The molecule has 17 heavy (non-hydrogen) atoms. The van der Waals surface area contributed by atoms with Crippen LogP contribution >= 0.6 is 0 Å². The van der Waals surface area contributed by atoms with Gasteiger partial charge in [-0.3, -0.25) is 4.57 Å². The molecule has 0 radical (unpaired) electrons. The van der Waals surface area contributed by atoms with Gasteiger partial charge in [0, 0.05) is 18.3 Å². The Morgan fingerprint density at radius 3 is 2.94 bits per heavy atom. The lowest BCUT2D eigenvalue weighted by molar-refractivity contribution is -0.120. The van der Waals surface area contributed by atoms with Crippen LogP contribution in [0.3, 0.4) is 0 Å². The molecule has 1 fully saturated rings. The topological polar surface area (TPSA) is 64.3 Å². The average Bonchev–Trinajstić information content (AvgIpc) is 2.54. The molecule has 1 aliphatic heterocycles. The second-order valence-electron chi connectivity index (χ2n) is 4.02. The Morgan fingerprint density at radius 2 is 2.41 bits per heavy atom. The third kappa shape index (κ3) is 2.20. The third-order valence-electron chi connectivity index (χ3n) is 2.61. The second kappa shape index (κ2) is 4.15. The number of hydrogen-bond acceptors (Lipinski definition) is 4. The SMILES string of the molecule is Cc1ccn(C2OC(CO)CC2(F)F)c(=O)n1. The van der Waals surface area contributed by atoms with Crippen LogP contribution in [-0.4, -0.2) is 33.3 Å². The van der Waals surface area contributed by atoms with E-state index in [9.17, 15) is 13.6 Å². The highest BCUT2D eigenvalue weighted by atomic mass is 19.3. The largest absolute Gasteiger partial charge is 0.394 e. The molecule has 1 aliphatic rings. The van der Waals surface area contributed by atoms with E-state index in [-0.39, 0.29) is 0 Å². The van der Waals surface area contributed by atoms with E-state index in [0.717, 1.165) is 4.57 Å². The van der Waals surface area contributed by atoms with Crippen LogP contribution in [0.15, 0.2) is 17.1 Å². The molecule has 2 heterocycles. The van der Waals surface area contributed by atoms with Crippen LogP contribution in [0.4, 0.5) is 8.78 Å². The summed E-state index contributed by atoms with van der Waals surface area (Å²) >= 11 is 0. The molecule has 0 saturated carbocycles. The van der Waals surface area contributed by atoms with Crippen molar-refractivity contribution in [1.29, 1.82) is 0 Å². The lowest BCUT2D eigenvalue weighted by atomic mass is 10.2. The Bertz CT molecular complexity index is 475. The maximum atomic E-state index is 13.6. The number of nitrogens with zero attached hydrogens (tertiary/aromatic N) is 2. The summed E-state index contributed by atoms with van der Waals surface area (Å²) in [5.41, 5.74) is -0.334. The first-order valence-electron chi connectivity index (χ1n) is 5.14. The number of aliphatic hydroxyl groups is 1. The molecule has 1 aromatic rings. The summed E-state index contributed by atoms with van der Waals surface area (Å²) in [6.07, 6.45) is -2.03. The van der Waals surface area contributed by atoms with Crippen LogP contribution < -0.4 is 5.69 Å². The van der Waals surface area contributed by atoms with Gasteiger partial charge in [-0.15, -0.1) is 0 Å². The maximum Gasteiger partial charge on any atom is 0.350 e. The van der Waals surface area contributed by atoms with E-state index in [0.29, 0.717) is 5.69 Å². The maximum absolute atomic E-state index is 13.6. The minimum absolute atomic E-state index is 0.450. The lowest BCUT2D eigenvalue weighted by Crippen LogP contribution is -2.35. The van der Waals surface area contributed by atoms with Crippen molar-refractivity contribution in [2.75, 3.05) is 6.61 Å². The molecule has 94 valence electrons. The summed E-state index contributed by atoms with van der Waals surface area (Å²) < 4.78 is 32.9. The average molecular weight is 246 g/mol. The number of ether oxygens (including phenoxy) is 1. The summed E-state index contributed by atoms with van der Waals surface area (Å²) in [5, 5.41) is 8.82. The zero-order valence-electron chi connectivity index (χ0n) is 9.14. The highest BCUT2D eigenvalue weighted by Crippen LogP contribution is 2.41. The van der Waals surface area contributed by atoms with Gasteiger partial charge in [0.2, 0.25) is 6.23 Å². The summed E-state index contributed by atoms with van der Waals surface area (Å²) in [6, 6.07) is 1.45. The number of aryl methyl sites for hydroxylation is 1. The van der Waals surface area contributed by atoms with Crippen LogP contribution in [0.5, 0.6) is 0 Å². The van der Waals surface area contributed by atoms with Crippen molar-refractivity contribution in [3.63, 3.8) is 0 Å². The molecule has 2 unspecified atom stereocenters. The van der Waals surface area contributed by atoms with E-state index in [1.165, 1.54) is 12.3 Å². The molecule has 7 heteroatoms. The molecule has 0 aliphatic carbocycles. The van der Waals surface area contributed by atoms with Crippen molar-refractivity contribution < 1.29 is 18.6 Å². The van der Waals surface area contributed by atoms with Gasteiger partial charge >= 0.3 is 5.69 Å². The van der Waals surface area contributed by atoms with E-state index in [1.54, 1.807) is 6.92 Å². The molecule has 0 spiro atoms. The molecule has 5 nitrogen and oxygen atoms in total. The van der Waals surface area contributed by atoms with Gasteiger partial charge in [0.25, 0.3) is 5.92 Å². The van der Waals surface area contributed by atoms with Crippen LogP contribution in [0, 0.1) is 6.92 Å². The highest BCUT2D eigenvalue weighted by molar-refractivity contribution is 4.98. The number of aromatic nitrogens is 2. The van der Waals surface area contributed by atoms with Gasteiger partial charge in [0.1, 0.15) is 0 Å². The zero-order valence-corrected chi connectivity index (χ0v) is 9.14. The smallest absolute Gasteiger partial charge is 0.350 e. The van der Waals surface area contributed by atoms with Crippen LogP contribution in [-0.2, 0) is 4.74 Å². The molecule has 2 rings (SSSR count). The Balaban J connectivity index is 2.37. The van der Waals surface area contributed by atoms with Crippen molar-refractivity contribution in [3.05, 3.63) is 28.4 Å². The normalized spacial score (nSPS) is 27.3. The molecule has 0 aromatic carbocycles. The minimum atomic E-state index is -3.19. The van der Waals surface area contributed by atoms with Crippen LogP contribution in [0.1, 0.15) is 18.3 Å². The van der Waals surface area contributed by atoms with Crippen molar-refractivity contribution >= 4 is 0 Å². The predicted octanol–water partition coefficient (Wildman–Crippen LogP) is 0.467. The van der Waals surface area contributed by atoms with Crippen LogP contribution in [0.2, 0.25) is 0 Å². The van der Waals surface area contributed by atoms with Crippen molar-refractivity contribution in [3.8, 4) is 0 Å². The first-order valence-corrected chi connectivity index (χ1v) is 5.14. The summed E-state index contributed by atoms with van der Waals surface area (Å²) in [7, 11) is 0. The number of alkyl halides is 2. The standard InChI is InChI=1S/C10H12F2N2O3/c1-6-2-3-14(9(16)13-6)8-10(11,12)4-7(5-15)17-8/h2-3,7-8,15H,4-5H2,1H3. The van der Waals surface area contributed by atoms with E-state index in [2.05, 4.69) is 4.98 Å². The summed E-state index contributed by atoms with van der Waals surface area (Å²) in [5.74, 6) is -3.19. The fourth-order valence-electron chi connectivity index (χ4n) is 1.79. The molecule has 1 aromatic heterocycles. The molecule has 0 amide bonds. The van der Waals surface area contributed by atoms with Crippen molar-refractivity contribution in [2.45, 2.75) is 31.6 Å². The van der Waals surface area contributed by atoms with Gasteiger partial charge in [-0.2, -0.15) is 4.98 Å². The number of aliphatic hydroxyl groups excluding tert-OH is 1. The Labute approximate surface area is 95.7 Å². The van der Waals surface area contributed by atoms with Gasteiger partial charge in [-0.25, -0.2) is 13.6 Å². The Hall–Kier alpha value is -1.34.